The zero-order chi connectivity index (χ0) is 13.8. The molecule has 1 atom stereocenters. The monoisotopic (exact) mass is 252 g/mol. The molecule has 0 aromatic carbocycles. The Kier molecular flexibility index (Phi) is 4.90. The molecule has 0 fully saturated rings. The van der Waals surface area contributed by atoms with E-state index >= 15 is 0 Å². The van der Waals surface area contributed by atoms with Gasteiger partial charge < -0.3 is 16.2 Å². The summed E-state index contributed by atoms with van der Waals surface area (Å²) in [6.07, 6.45) is 2.44. The van der Waals surface area contributed by atoms with Crippen LogP contribution < -0.4 is 11.1 Å². The van der Waals surface area contributed by atoms with Gasteiger partial charge in [-0.1, -0.05) is 20.3 Å². The molecule has 1 heterocycles. The Balaban J connectivity index is 2.81. The van der Waals surface area contributed by atoms with Crippen molar-refractivity contribution >= 4 is 11.6 Å². The van der Waals surface area contributed by atoms with Gasteiger partial charge >= 0.3 is 0 Å². The van der Waals surface area contributed by atoms with Gasteiger partial charge in [0, 0.05) is 18.5 Å². The fourth-order valence-corrected chi connectivity index (χ4v) is 1.81. The summed E-state index contributed by atoms with van der Waals surface area (Å²) in [6.45, 7) is 8.20. The van der Waals surface area contributed by atoms with E-state index in [1.54, 1.807) is 0 Å². The van der Waals surface area contributed by atoms with E-state index in [0.29, 0.717) is 12.4 Å². The van der Waals surface area contributed by atoms with Gasteiger partial charge in [0.25, 0.3) is 0 Å². The fourth-order valence-electron chi connectivity index (χ4n) is 1.81. The van der Waals surface area contributed by atoms with Crippen molar-refractivity contribution in [3.05, 3.63) is 11.4 Å². The number of nitrogens with one attached hydrogen (secondary N) is 1. The highest BCUT2D eigenvalue weighted by atomic mass is 16.3. The molecule has 5 heteroatoms. The summed E-state index contributed by atoms with van der Waals surface area (Å²) in [6, 6.07) is 0. The number of anilines is 2. The molecule has 18 heavy (non-hydrogen) atoms. The summed E-state index contributed by atoms with van der Waals surface area (Å²) in [5, 5.41) is 13.3. The molecule has 102 valence electrons. The number of hydrogen-bond acceptors (Lipinski definition) is 5. The molecule has 0 amide bonds. The number of nitrogens with zero attached hydrogens (tertiary/aromatic N) is 2. The van der Waals surface area contributed by atoms with Gasteiger partial charge in [-0.05, 0) is 20.3 Å². The average molecular weight is 252 g/mol. The molecular formula is C13H24N4O. The summed E-state index contributed by atoms with van der Waals surface area (Å²) in [4.78, 5) is 8.60. The largest absolute Gasteiger partial charge is 0.388 e. The predicted molar refractivity (Wildman–Crippen MR) is 74.6 cm³/mol. The van der Waals surface area contributed by atoms with E-state index in [1.165, 1.54) is 0 Å². The lowest BCUT2D eigenvalue weighted by atomic mass is 10.0. The molecule has 5 nitrogen and oxygen atoms in total. The van der Waals surface area contributed by atoms with Crippen LogP contribution in [0.1, 0.15) is 45.0 Å². The Labute approximate surface area is 109 Å². The van der Waals surface area contributed by atoms with Crippen LogP contribution in [0.25, 0.3) is 0 Å². The van der Waals surface area contributed by atoms with Crippen molar-refractivity contribution in [2.24, 2.45) is 0 Å². The van der Waals surface area contributed by atoms with Crippen molar-refractivity contribution in [1.82, 2.24) is 9.97 Å². The van der Waals surface area contributed by atoms with Crippen LogP contribution in [0, 0.1) is 6.92 Å². The second-order valence-electron chi connectivity index (χ2n) is 4.95. The Morgan fingerprint density at radius 1 is 1.33 bits per heavy atom. The number of aromatic nitrogens is 2. The van der Waals surface area contributed by atoms with Crippen molar-refractivity contribution in [1.29, 1.82) is 0 Å². The third-order valence-electron chi connectivity index (χ3n) is 2.97. The van der Waals surface area contributed by atoms with E-state index in [4.69, 9.17) is 5.73 Å². The van der Waals surface area contributed by atoms with Crippen LogP contribution in [0.15, 0.2) is 0 Å². The zero-order valence-electron chi connectivity index (χ0n) is 11.7. The quantitative estimate of drug-likeness (QED) is 0.720. The van der Waals surface area contributed by atoms with Crippen LogP contribution in [0.4, 0.5) is 11.6 Å². The van der Waals surface area contributed by atoms with Gasteiger partial charge in [0.15, 0.2) is 0 Å². The van der Waals surface area contributed by atoms with Crippen LogP contribution in [-0.4, -0.2) is 27.2 Å². The third kappa shape index (κ3) is 3.84. The molecule has 0 saturated heterocycles. The first-order chi connectivity index (χ1) is 8.39. The first kappa shape index (κ1) is 14.7. The van der Waals surface area contributed by atoms with E-state index in [2.05, 4.69) is 22.2 Å². The summed E-state index contributed by atoms with van der Waals surface area (Å²) in [5.41, 5.74) is 5.95. The second kappa shape index (κ2) is 6.00. The molecule has 0 spiro atoms. The summed E-state index contributed by atoms with van der Waals surface area (Å²) >= 11 is 0. The van der Waals surface area contributed by atoms with Gasteiger partial charge in [-0.15, -0.1) is 0 Å². The maximum atomic E-state index is 10.1. The third-order valence-corrected chi connectivity index (χ3v) is 2.97. The van der Waals surface area contributed by atoms with Gasteiger partial charge in [0.2, 0.25) is 0 Å². The molecule has 0 aliphatic heterocycles. The number of hydrogen-bond donors (Lipinski definition) is 3. The topological polar surface area (TPSA) is 84.1 Å². The lowest BCUT2D eigenvalue weighted by Gasteiger charge is -2.24. The molecule has 1 aromatic heterocycles. The van der Waals surface area contributed by atoms with E-state index < -0.39 is 5.60 Å². The lowest BCUT2D eigenvalue weighted by molar-refractivity contribution is 0.0636. The number of rotatable bonds is 6. The van der Waals surface area contributed by atoms with Gasteiger partial charge in [-0.3, -0.25) is 0 Å². The first-order valence-corrected chi connectivity index (χ1v) is 6.49. The van der Waals surface area contributed by atoms with Crippen molar-refractivity contribution in [2.45, 2.75) is 52.6 Å². The SMILES string of the molecule is CCCC(C)(O)CNc1nc(CC)nc(N)c1C. The average Bonchev–Trinajstić information content (AvgIpc) is 2.30. The minimum Gasteiger partial charge on any atom is -0.388 e. The Morgan fingerprint density at radius 2 is 2.00 bits per heavy atom. The maximum Gasteiger partial charge on any atom is 0.134 e. The molecule has 0 radical (unpaired) electrons. The number of aryl methyl sites for hydroxylation is 1. The van der Waals surface area contributed by atoms with Gasteiger partial charge in [-0.25, -0.2) is 9.97 Å². The highest BCUT2D eigenvalue weighted by Crippen LogP contribution is 2.19. The van der Waals surface area contributed by atoms with E-state index in [9.17, 15) is 5.11 Å². The van der Waals surface area contributed by atoms with Crippen LogP contribution in [0.2, 0.25) is 0 Å². The molecule has 1 aromatic rings. The summed E-state index contributed by atoms with van der Waals surface area (Å²) in [7, 11) is 0. The van der Waals surface area contributed by atoms with Crippen LogP contribution in [-0.2, 0) is 6.42 Å². The molecule has 0 bridgehead atoms. The Morgan fingerprint density at radius 3 is 2.56 bits per heavy atom. The highest BCUT2D eigenvalue weighted by molar-refractivity contribution is 5.54. The zero-order valence-corrected chi connectivity index (χ0v) is 11.7. The van der Waals surface area contributed by atoms with Crippen molar-refractivity contribution in [3.63, 3.8) is 0 Å². The van der Waals surface area contributed by atoms with E-state index in [1.807, 2.05) is 20.8 Å². The number of aliphatic hydroxyl groups is 1. The molecule has 1 unspecified atom stereocenters. The minimum absolute atomic E-state index is 0.460. The molecule has 0 aliphatic carbocycles. The van der Waals surface area contributed by atoms with E-state index in [0.717, 1.165) is 36.5 Å². The van der Waals surface area contributed by atoms with Crippen LogP contribution >= 0.6 is 0 Å². The number of nitrogen functional groups attached to an aromatic ring is 1. The Hall–Kier alpha value is -1.36. The standard InChI is InChI=1S/C13H24N4O/c1-5-7-13(4,18)8-15-12-9(3)11(14)16-10(6-2)17-12/h18H,5-8H2,1-4H3,(H3,14,15,16,17). The lowest BCUT2D eigenvalue weighted by Crippen LogP contribution is -2.33. The summed E-state index contributed by atoms with van der Waals surface area (Å²) in [5.74, 6) is 1.94. The van der Waals surface area contributed by atoms with Crippen molar-refractivity contribution in [2.75, 3.05) is 17.6 Å². The van der Waals surface area contributed by atoms with Gasteiger partial charge in [-0.2, -0.15) is 0 Å². The fraction of sp³-hybridized carbons (Fsp3) is 0.692. The minimum atomic E-state index is -0.729. The van der Waals surface area contributed by atoms with Gasteiger partial charge in [0.1, 0.15) is 17.5 Å². The smallest absolute Gasteiger partial charge is 0.134 e. The first-order valence-electron chi connectivity index (χ1n) is 6.49. The van der Waals surface area contributed by atoms with Crippen molar-refractivity contribution in [3.8, 4) is 0 Å². The molecular weight excluding hydrogens is 228 g/mol. The highest BCUT2D eigenvalue weighted by Gasteiger charge is 2.19. The second-order valence-corrected chi connectivity index (χ2v) is 4.95. The van der Waals surface area contributed by atoms with Crippen LogP contribution in [0.5, 0.6) is 0 Å². The maximum absolute atomic E-state index is 10.1. The molecule has 4 N–H and O–H groups in total. The van der Waals surface area contributed by atoms with E-state index in [-0.39, 0.29) is 0 Å². The molecule has 0 saturated carbocycles. The normalized spacial score (nSPS) is 14.3. The molecule has 0 aliphatic rings. The Bertz CT molecular complexity index is 404. The predicted octanol–water partition coefficient (Wildman–Crippen LogP) is 1.89. The van der Waals surface area contributed by atoms with Crippen molar-refractivity contribution < 1.29 is 5.11 Å². The molecule has 1 rings (SSSR count). The number of nitrogens with two attached hydrogens (primary N) is 1. The van der Waals surface area contributed by atoms with Crippen LogP contribution in [0.3, 0.4) is 0 Å². The van der Waals surface area contributed by atoms with Gasteiger partial charge in [0.05, 0.1) is 5.60 Å². The summed E-state index contributed by atoms with van der Waals surface area (Å²) < 4.78 is 0.